The number of aliphatic hydroxyl groups is 2. The number of aliphatic hydroxyl groups excluding tert-OH is 2. The third-order valence-electron chi connectivity index (χ3n) is 13.0. The van der Waals surface area contributed by atoms with E-state index in [-0.39, 0.29) is 25.9 Å². The van der Waals surface area contributed by atoms with Crippen LogP contribution in [0.2, 0.25) is 0 Å². The summed E-state index contributed by atoms with van der Waals surface area (Å²) in [6, 6.07) is 0. The van der Waals surface area contributed by atoms with Crippen LogP contribution in [0.3, 0.4) is 0 Å². The Kier molecular flexibility index (Phi) is 45.5. The van der Waals surface area contributed by atoms with Crippen LogP contribution in [-0.2, 0) is 42.9 Å². The maximum Gasteiger partial charge on any atom is 0.335 e. The topological polar surface area (TPSA) is 175 Å². The number of carbonyl (C=O) groups is 4. The van der Waals surface area contributed by atoms with Crippen LogP contribution in [0.5, 0.6) is 0 Å². The first kappa shape index (κ1) is 67.4. The zero-order chi connectivity index (χ0) is 53.3. The average Bonchev–Trinajstić information content (AvgIpc) is 3.37. The Morgan fingerprint density at radius 2 is 0.849 bits per heavy atom. The molecule has 6 unspecified atom stereocenters. The SMILES string of the molecule is CCC/C=C\C/C=C\CCCCCCCC(=O)OC(COC(=O)CCCCCCC/C=C\CCCCCCCC)COC1OC(C(=O)O)C(O)C(O)C1OC(=O)CCCCCCC/C=C\C/C=C\CCCCC. The molecule has 0 amide bonds. The molecule has 73 heavy (non-hydrogen) atoms. The van der Waals surface area contributed by atoms with Crippen molar-refractivity contribution in [3.63, 3.8) is 0 Å². The summed E-state index contributed by atoms with van der Waals surface area (Å²) in [5.41, 5.74) is 0. The van der Waals surface area contributed by atoms with Gasteiger partial charge in [-0.1, -0.05) is 191 Å². The zero-order valence-corrected chi connectivity index (χ0v) is 46.1. The number of hydrogen-bond donors (Lipinski definition) is 3. The monoisotopic (exact) mass is 1030 g/mol. The molecule has 0 radical (unpaired) electrons. The molecule has 0 spiro atoms. The Labute approximate surface area is 443 Å². The van der Waals surface area contributed by atoms with Crippen LogP contribution < -0.4 is 0 Å². The highest BCUT2D eigenvalue weighted by Crippen LogP contribution is 2.26. The van der Waals surface area contributed by atoms with Gasteiger partial charge in [-0.2, -0.15) is 0 Å². The van der Waals surface area contributed by atoms with E-state index >= 15 is 0 Å². The third kappa shape index (κ3) is 39.5. The maximum absolute atomic E-state index is 13.1. The van der Waals surface area contributed by atoms with Crippen LogP contribution >= 0.6 is 0 Å². The molecule has 12 heteroatoms. The van der Waals surface area contributed by atoms with Crippen molar-refractivity contribution in [1.82, 2.24) is 0 Å². The molecule has 0 aromatic carbocycles. The average molecular weight is 1030 g/mol. The highest BCUT2D eigenvalue weighted by Gasteiger charge is 2.50. The molecular weight excluding hydrogens is 925 g/mol. The maximum atomic E-state index is 13.1. The lowest BCUT2D eigenvalue weighted by molar-refractivity contribution is -0.301. The molecule has 1 aliphatic heterocycles. The van der Waals surface area contributed by atoms with Crippen LogP contribution in [0, 0.1) is 0 Å². The van der Waals surface area contributed by atoms with Gasteiger partial charge in [0.25, 0.3) is 0 Å². The third-order valence-corrected chi connectivity index (χ3v) is 13.0. The number of carboxylic acid groups (broad SMARTS) is 1. The van der Waals surface area contributed by atoms with Gasteiger partial charge in [0, 0.05) is 19.3 Å². The summed E-state index contributed by atoms with van der Waals surface area (Å²) < 4.78 is 28.4. The molecule has 12 nitrogen and oxygen atoms in total. The number of carbonyl (C=O) groups excluding carboxylic acids is 3. The largest absolute Gasteiger partial charge is 0.479 e. The summed E-state index contributed by atoms with van der Waals surface area (Å²) in [7, 11) is 0. The van der Waals surface area contributed by atoms with Gasteiger partial charge in [0.2, 0.25) is 0 Å². The molecule has 0 aliphatic carbocycles. The van der Waals surface area contributed by atoms with Gasteiger partial charge in [-0.05, 0) is 103 Å². The Morgan fingerprint density at radius 1 is 0.452 bits per heavy atom. The minimum atomic E-state index is -1.91. The fourth-order valence-electron chi connectivity index (χ4n) is 8.49. The molecule has 3 N–H and O–H groups in total. The van der Waals surface area contributed by atoms with E-state index in [1.165, 1.54) is 57.8 Å². The number of rotatable bonds is 49. The molecule has 420 valence electrons. The summed E-state index contributed by atoms with van der Waals surface area (Å²) in [5.74, 6) is -3.16. The second-order valence-electron chi connectivity index (χ2n) is 19.9. The van der Waals surface area contributed by atoms with Crippen molar-refractivity contribution >= 4 is 23.9 Å². The smallest absolute Gasteiger partial charge is 0.335 e. The second-order valence-corrected chi connectivity index (χ2v) is 19.9. The molecule has 0 bridgehead atoms. The summed E-state index contributed by atoms with van der Waals surface area (Å²) in [6.07, 6.45) is 47.6. The van der Waals surface area contributed by atoms with Crippen molar-refractivity contribution in [3.05, 3.63) is 60.8 Å². The molecule has 1 rings (SSSR count). The normalized spacial score (nSPS) is 18.7. The number of aliphatic carboxylic acids is 1. The van der Waals surface area contributed by atoms with Crippen LogP contribution in [0.15, 0.2) is 60.8 Å². The Morgan fingerprint density at radius 3 is 1.33 bits per heavy atom. The fourth-order valence-corrected chi connectivity index (χ4v) is 8.49. The van der Waals surface area contributed by atoms with Crippen molar-refractivity contribution in [3.8, 4) is 0 Å². The number of hydrogen-bond acceptors (Lipinski definition) is 11. The summed E-state index contributed by atoms with van der Waals surface area (Å²) in [5, 5.41) is 31.4. The molecule has 0 aromatic heterocycles. The molecule has 6 atom stereocenters. The van der Waals surface area contributed by atoms with E-state index in [1.54, 1.807) is 0 Å². The quantitative estimate of drug-likeness (QED) is 0.0228. The number of unbranched alkanes of at least 4 members (excludes halogenated alkanes) is 25. The molecule has 0 saturated carbocycles. The van der Waals surface area contributed by atoms with Gasteiger partial charge in [0.05, 0.1) is 6.61 Å². The van der Waals surface area contributed by atoms with Crippen molar-refractivity contribution in [2.75, 3.05) is 13.2 Å². The highest BCUT2D eigenvalue weighted by atomic mass is 16.7. The van der Waals surface area contributed by atoms with E-state index < -0.39 is 67.3 Å². The van der Waals surface area contributed by atoms with Crippen LogP contribution in [0.1, 0.15) is 252 Å². The van der Waals surface area contributed by atoms with Gasteiger partial charge in [-0.3, -0.25) is 14.4 Å². The van der Waals surface area contributed by atoms with Crippen molar-refractivity contribution in [2.45, 2.75) is 289 Å². The first-order valence-corrected chi connectivity index (χ1v) is 29.3. The van der Waals surface area contributed by atoms with E-state index in [2.05, 4.69) is 81.5 Å². The predicted molar refractivity (Wildman–Crippen MR) is 294 cm³/mol. The first-order chi connectivity index (χ1) is 35.6. The lowest BCUT2D eigenvalue weighted by Gasteiger charge is -2.40. The van der Waals surface area contributed by atoms with Crippen LogP contribution in [0.4, 0.5) is 0 Å². The van der Waals surface area contributed by atoms with E-state index in [0.717, 1.165) is 135 Å². The Bertz CT molecular complexity index is 1500. The van der Waals surface area contributed by atoms with E-state index in [0.29, 0.717) is 19.3 Å². The predicted octanol–water partition coefficient (Wildman–Crippen LogP) is 14.8. The minimum Gasteiger partial charge on any atom is -0.479 e. The number of esters is 3. The summed E-state index contributed by atoms with van der Waals surface area (Å²) in [4.78, 5) is 51.1. The molecule has 1 heterocycles. The van der Waals surface area contributed by atoms with Gasteiger partial charge >= 0.3 is 23.9 Å². The Hall–Kier alpha value is -3.58. The number of allylic oxidation sites excluding steroid dienone is 10. The van der Waals surface area contributed by atoms with Gasteiger partial charge in [-0.15, -0.1) is 0 Å². The standard InChI is InChI=1S/C61H104O12/c1-4-7-10-13-16-19-22-25-27-30-32-35-38-41-44-47-53(62)69-50-52(71-54(63)48-45-42-39-36-33-29-24-21-18-15-12-9-6-3)51-70-61-59(57(66)56(65)58(73-61)60(67)68)72-55(64)49-46-43-40-37-34-31-28-26-23-20-17-14-11-8-5-2/h12,15,17,20-21,24-28,52,56-59,61,65-66H,4-11,13-14,16,18-19,22-23,29-51H2,1-3H3,(H,67,68)/b15-12-,20-17-,24-21-,27-25-,28-26-. The van der Waals surface area contributed by atoms with E-state index in [1.807, 2.05) is 0 Å². The molecule has 0 aromatic rings. The lowest BCUT2D eigenvalue weighted by Crippen LogP contribution is -2.61. The summed E-state index contributed by atoms with van der Waals surface area (Å²) >= 11 is 0. The Balaban J connectivity index is 2.72. The van der Waals surface area contributed by atoms with Crippen LogP contribution in [-0.4, -0.2) is 89.2 Å². The molecule has 1 saturated heterocycles. The number of ether oxygens (including phenoxy) is 5. The van der Waals surface area contributed by atoms with Crippen molar-refractivity contribution < 1.29 is 58.2 Å². The minimum absolute atomic E-state index is 0.0415. The van der Waals surface area contributed by atoms with Crippen molar-refractivity contribution in [2.24, 2.45) is 0 Å². The molecule has 1 fully saturated rings. The zero-order valence-electron chi connectivity index (χ0n) is 46.1. The fraction of sp³-hybridized carbons (Fsp3) is 0.770. The molecule has 1 aliphatic rings. The van der Waals surface area contributed by atoms with Gasteiger partial charge < -0.3 is 39.0 Å². The van der Waals surface area contributed by atoms with E-state index in [4.69, 9.17) is 23.7 Å². The van der Waals surface area contributed by atoms with Gasteiger partial charge in [-0.25, -0.2) is 4.79 Å². The van der Waals surface area contributed by atoms with E-state index in [9.17, 15) is 34.5 Å². The van der Waals surface area contributed by atoms with Gasteiger partial charge in [0.1, 0.15) is 18.8 Å². The summed E-state index contributed by atoms with van der Waals surface area (Å²) in [6.45, 7) is 5.87. The number of carboxylic acids is 1. The highest BCUT2D eigenvalue weighted by molar-refractivity contribution is 5.74. The molecular formula is C61H104O12. The second kappa shape index (κ2) is 49.3. The van der Waals surface area contributed by atoms with Crippen molar-refractivity contribution in [1.29, 1.82) is 0 Å². The first-order valence-electron chi connectivity index (χ1n) is 29.3. The van der Waals surface area contributed by atoms with Crippen LogP contribution in [0.25, 0.3) is 0 Å². The lowest BCUT2D eigenvalue weighted by atomic mass is 9.98. The van der Waals surface area contributed by atoms with Gasteiger partial charge in [0.15, 0.2) is 24.6 Å².